The second-order valence-corrected chi connectivity index (χ2v) is 5.76. The summed E-state index contributed by atoms with van der Waals surface area (Å²) in [5.41, 5.74) is 1.01. The standard InChI is InChI=1S/C16H20N4O4/c1-24-13-5-3-2-4-12(13)19-6-8-20(9-7-19)14(21)10-11-15(22)18-16(23)17-11/h2-5,11H,6-10H2,1H3,(H2,17,18,22,23). The molecular weight excluding hydrogens is 312 g/mol. The highest BCUT2D eigenvalue weighted by Crippen LogP contribution is 2.28. The zero-order valence-corrected chi connectivity index (χ0v) is 13.4. The number of carbonyl (C=O) groups is 3. The van der Waals surface area contributed by atoms with Crippen LogP contribution in [0.4, 0.5) is 10.5 Å². The predicted octanol–water partition coefficient (Wildman–Crippen LogP) is -0.0581. The number of carbonyl (C=O) groups excluding carboxylic acids is 3. The zero-order valence-electron chi connectivity index (χ0n) is 13.4. The van der Waals surface area contributed by atoms with Crippen molar-refractivity contribution in [1.29, 1.82) is 0 Å². The topological polar surface area (TPSA) is 91.0 Å². The minimum Gasteiger partial charge on any atom is -0.495 e. The molecule has 1 unspecified atom stereocenters. The number of nitrogens with zero attached hydrogens (tertiary/aromatic N) is 2. The molecule has 128 valence electrons. The molecule has 1 atom stereocenters. The smallest absolute Gasteiger partial charge is 0.322 e. The Kier molecular flexibility index (Phi) is 4.54. The van der Waals surface area contributed by atoms with Gasteiger partial charge in [-0.2, -0.15) is 0 Å². The molecule has 1 aromatic carbocycles. The highest BCUT2D eigenvalue weighted by Gasteiger charge is 2.33. The SMILES string of the molecule is COc1ccccc1N1CCN(C(=O)CC2NC(=O)NC2=O)CC1. The van der Waals surface area contributed by atoms with Gasteiger partial charge in [0.25, 0.3) is 5.91 Å². The molecule has 2 fully saturated rings. The number of imide groups is 1. The van der Waals surface area contributed by atoms with Gasteiger partial charge in [-0.15, -0.1) is 0 Å². The number of hydrogen-bond donors (Lipinski definition) is 2. The minimum atomic E-state index is -0.766. The Hall–Kier alpha value is -2.77. The molecule has 2 saturated heterocycles. The fourth-order valence-corrected chi connectivity index (χ4v) is 2.99. The first-order chi connectivity index (χ1) is 11.6. The minimum absolute atomic E-state index is 0.00771. The maximum atomic E-state index is 12.3. The third-order valence-corrected chi connectivity index (χ3v) is 4.30. The van der Waals surface area contributed by atoms with Crippen LogP contribution in [0.1, 0.15) is 6.42 Å². The molecule has 0 aliphatic carbocycles. The van der Waals surface area contributed by atoms with Gasteiger partial charge in [-0.1, -0.05) is 12.1 Å². The summed E-state index contributed by atoms with van der Waals surface area (Å²) in [6.07, 6.45) is -0.00771. The number of benzene rings is 1. The van der Waals surface area contributed by atoms with E-state index in [1.165, 1.54) is 0 Å². The quantitative estimate of drug-likeness (QED) is 0.754. The molecule has 2 aliphatic heterocycles. The number of urea groups is 1. The van der Waals surface area contributed by atoms with Crippen LogP contribution >= 0.6 is 0 Å². The lowest BCUT2D eigenvalue weighted by molar-refractivity contribution is -0.134. The number of rotatable bonds is 4. The Morgan fingerprint density at radius 2 is 1.92 bits per heavy atom. The molecule has 2 aliphatic rings. The van der Waals surface area contributed by atoms with Gasteiger partial charge in [-0.05, 0) is 12.1 Å². The van der Waals surface area contributed by atoms with Gasteiger partial charge >= 0.3 is 6.03 Å². The highest BCUT2D eigenvalue weighted by atomic mass is 16.5. The zero-order chi connectivity index (χ0) is 17.1. The van der Waals surface area contributed by atoms with E-state index in [1.807, 2.05) is 24.3 Å². The van der Waals surface area contributed by atoms with Crippen molar-refractivity contribution in [3.63, 3.8) is 0 Å². The number of methoxy groups -OCH3 is 1. The number of anilines is 1. The molecule has 0 spiro atoms. The predicted molar refractivity (Wildman–Crippen MR) is 86.9 cm³/mol. The second kappa shape index (κ2) is 6.77. The maximum absolute atomic E-state index is 12.3. The van der Waals surface area contributed by atoms with Crippen LogP contribution in [0.5, 0.6) is 5.75 Å². The van der Waals surface area contributed by atoms with Crippen molar-refractivity contribution in [3.05, 3.63) is 24.3 Å². The molecule has 0 aromatic heterocycles. The summed E-state index contributed by atoms with van der Waals surface area (Å²) in [6.45, 7) is 2.52. The van der Waals surface area contributed by atoms with Crippen LogP contribution in [0, 0.1) is 0 Å². The van der Waals surface area contributed by atoms with Gasteiger partial charge in [0.05, 0.1) is 19.2 Å². The molecule has 8 heteroatoms. The van der Waals surface area contributed by atoms with Crippen molar-refractivity contribution in [2.24, 2.45) is 0 Å². The molecule has 8 nitrogen and oxygen atoms in total. The van der Waals surface area contributed by atoms with Gasteiger partial charge in [0.2, 0.25) is 5.91 Å². The first-order valence-corrected chi connectivity index (χ1v) is 7.85. The number of ether oxygens (including phenoxy) is 1. The van der Waals surface area contributed by atoms with Crippen molar-refractivity contribution in [2.75, 3.05) is 38.2 Å². The van der Waals surface area contributed by atoms with Crippen LogP contribution in [0.3, 0.4) is 0 Å². The van der Waals surface area contributed by atoms with E-state index in [2.05, 4.69) is 15.5 Å². The lowest BCUT2D eigenvalue weighted by Gasteiger charge is -2.36. The summed E-state index contributed by atoms with van der Waals surface area (Å²) in [4.78, 5) is 38.8. The Morgan fingerprint density at radius 1 is 1.21 bits per heavy atom. The Labute approximate surface area is 139 Å². The normalized spacial score (nSPS) is 20.6. The molecule has 1 aromatic rings. The van der Waals surface area contributed by atoms with Crippen molar-refractivity contribution < 1.29 is 19.1 Å². The number of para-hydroxylation sites is 2. The average molecular weight is 332 g/mol. The van der Waals surface area contributed by atoms with E-state index in [0.717, 1.165) is 11.4 Å². The fourth-order valence-electron chi connectivity index (χ4n) is 2.99. The third kappa shape index (κ3) is 3.27. The van der Waals surface area contributed by atoms with Gasteiger partial charge in [-0.3, -0.25) is 14.9 Å². The molecule has 0 radical (unpaired) electrons. The monoisotopic (exact) mass is 332 g/mol. The maximum Gasteiger partial charge on any atom is 0.322 e. The number of hydrogen-bond acceptors (Lipinski definition) is 5. The van der Waals surface area contributed by atoms with Crippen molar-refractivity contribution >= 4 is 23.5 Å². The highest BCUT2D eigenvalue weighted by molar-refractivity contribution is 6.05. The summed E-state index contributed by atoms with van der Waals surface area (Å²) in [5, 5.41) is 4.58. The number of nitrogens with one attached hydrogen (secondary N) is 2. The lowest BCUT2D eigenvalue weighted by Crippen LogP contribution is -2.50. The van der Waals surface area contributed by atoms with E-state index < -0.39 is 18.0 Å². The Bertz CT molecular complexity index is 655. The molecule has 2 N–H and O–H groups in total. The van der Waals surface area contributed by atoms with Gasteiger partial charge in [-0.25, -0.2) is 4.79 Å². The molecule has 3 rings (SSSR count). The van der Waals surface area contributed by atoms with Crippen molar-refractivity contribution in [2.45, 2.75) is 12.5 Å². The van der Waals surface area contributed by atoms with Crippen LogP contribution in [0.15, 0.2) is 24.3 Å². The fraction of sp³-hybridized carbons (Fsp3) is 0.438. The van der Waals surface area contributed by atoms with Gasteiger partial charge < -0.3 is 19.9 Å². The van der Waals surface area contributed by atoms with E-state index >= 15 is 0 Å². The summed E-state index contributed by atoms with van der Waals surface area (Å²) in [6, 6.07) is 6.47. The van der Waals surface area contributed by atoms with E-state index in [4.69, 9.17) is 4.74 Å². The first-order valence-electron chi connectivity index (χ1n) is 7.85. The van der Waals surface area contributed by atoms with Crippen LogP contribution in [0.2, 0.25) is 0 Å². The number of piperazine rings is 1. The molecule has 4 amide bonds. The van der Waals surface area contributed by atoms with Crippen LogP contribution in [-0.4, -0.2) is 62.1 Å². The van der Waals surface area contributed by atoms with Gasteiger partial charge in [0, 0.05) is 26.2 Å². The van der Waals surface area contributed by atoms with E-state index in [9.17, 15) is 14.4 Å². The first kappa shape index (κ1) is 16.1. The lowest BCUT2D eigenvalue weighted by atomic mass is 10.1. The summed E-state index contributed by atoms with van der Waals surface area (Å²) in [7, 11) is 1.64. The van der Waals surface area contributed by atoms with Gasteiger partial charge in [0.15, 0.2) is 0 Å². The van der Waals surface area contributed by atoms with E-state index in [1.54, 1.807) is 12.0 Å². The van der Waals surface area contributed by atoms with Gasteiger partial charge in [0.1, 0.15) is 11.8 Å². The van der Waals surface area contributed by atoms with Crippen LogP contribution < -0.4 is 20.3 Å². The summed E-state index contributed by atoms with van der Waals surface area (Å²) < 4.78 is 5.38. The Morgan fingerprint density at radius 3 is 2.54 bits per heavy atom. The van der Waals surface area contributed by atoms with E-state index in [0.29, 0.717) is 26.2 Å². The molecule has 24 heavy (non-hydrogen) atoms. The largest absolute Gasteiger partial charge is 0.495 e. The van der Waals surface area contributed by atoms with Crippen molar-refractivity contribution in [1.82, 2.24) is 15.5 Å². The Balaban J connectivity index is 1.56. The third-order valence-electron chi connectivity index (χ3n) is 4.30. The molecule has 0 saturated carbocycles. The second-order valence-electron chi connectivity index (χ2n) is 5.76. The average Bonchev–Trinajstić information content (AvgIpc) is 2.92. The van der Waals surface area contributed by atoms with E-state index in [-0.39, 0.29) is 12.3 Å². The summed E-state index contributed by atoms with van der Waals surface area (Å²) >= 11 is 0. The number of amides is 4. The van der Waals surface area contributed by atoms with Crippen molar-refractivity contribution in [3.8, 4) is 5.75 Å². The molecule has 2 heterocycles. The van der Waals surface area contributed by atoms with Crippen LogP contribution in [0.25, 0.3) is 0 Å². The molecule has 0 bridgehead atoms. The van der Waals surface area contributed by atoms with Crippen LogP contribution in [-0.2, 0) is 9.59 Å². The summed E-state index contributed by atoms with van der Waals surface area (Å²) in [5.74, 6) is 0.237. The molecular formula is C16H20N4O4.